The predicted octanol–water partition coefficient (Wildman–Crippen LogP) is 0.406. The van der Waals surface area contributed by atoms with Crippen LogP contribution in [-0.4, -0.2) is 45.8 Å². The van der Waals surface area contributed by atoms with Crippen LogP contribution in [0.15, 0.2) is 0 Å². The van der Waals surface area contributed by atoms with Crippen molar-refractivity contribution in [2.24, 2.45) is 5.92 Å². The lowest BCUT2D eigenvalue weighted by Crippen LogP contribution is -2.55. The van der Waals surface area contributed by atoms with E-state index in [1.54, 1.807) is 0 Å². The summed E-state index contributed by atoms with van der Waals surface area (Å²) >= 11 is 1.53. The molecule has 2 saturated heterocycles. The van der Waals surface area contributed by atoms with E-state index in [1.165, 1.54) is 11.3 Å². The SMILES string of the molecule is Cc1nnc(N2CCC3(CC2)NC(=O)C[C@H]3C(=O)O)s1. The second-order valence-electron chi connectivity index (χ2n) is 5.39. The standard InChI is InChI=1S/C12H16N4O3S/c1-7-14-15-11(20-7)16-4-2-12(3-5-16)8(10(18)19)6-9(17)13-12/h8H,2-6H2,1H3,(H,13,17)(H,18,19)/t8-/m0/s1. The summed E-state index contributed by atoms with van der Waals surface area (Å²) in [5.41, 5.74) is -0.584. The fraction of sp³-hybridized carbons (Fsp3) is 0.667. The molecule has 1 aromatic rings. The topological polar surface area (TPSA) is 95.4 Å². The van der Waals surface area contributed by atoms with Gasteiger partial charge in [-0.05, 0) is 19.8 Å². The largest absolute Gasteiger partial charge is 0.481 e. The second kappa shape index (κ2) is 4.69. The number of aliphatic carboxylic acids is 1. The summed E-state index contributed by atoms with van der Waals surface area (Å²) < 4.78 is 0. The van der Waals surface area contributed by atoms with Gasteiger partial charge in [0.05, 0.1) is 11.5 Å². The first-order valence-corrected chi connectivity index (χ1v) is 7.41. The fourth-order valence-electron chi connectivity index (χ4n) is 3.10. The molecule has 3 heterocycles. The summed E-state index contributed by atoms with van der Waals surface area (Å²) in [4.78, 5) is 25.0. The van der Waals surface area contributed by atoms with Crippen molar-refractivity contribution in [3.05, 3.63) is 5.01 Å². The summed E-state index contributed by atoms with van der Waals surface area (Å²) in [7, 11) is 0. The maximum absolute atomic E-state index is 11.6. The van der Waals surface area contributed by atoms with Gasteiger partial charge in [-0.15, -0.1) is 10.2 Å². The number of anilines is 1. The molecular formula is C12H16N4O3S. The molecule has 0 aromatic carbocycles. The van der Waals surface area contributed by atoms with E-state index in [-0.39, 0.29) is 12.3 Å². The minimum Gasteiger partial charge on any atom is -0.481 e. The number of carbonyl (C=O) groups excluding carboxylic acids is 1. The summed E-state index contributed by atoms with van der Waals surface area (Å²) in [6, 6.07) is 0. The number of amides is 1. The highest BCUT2D eigenvalue weighted by Gasteiger charge is 2.51. The zero-order chi connectivity index (χ0) is 14.3. The third kappa shape index (κ3) is 2.13. The molecule has 8 heteroatoms. The Balaban J connectivity index is 1.74. The van der Waals surface area contributed by atoms with Crippen molar-refractivity contribution in [2.45, 2.75) is 31.7 Å². The summed E-state index contributed by atoms with van der Waals surface area (Å²) in [6.07, 6.45) is 1.36. The maximum Gasteiger partial charge on any atom is 0.309 e. The van der Waals surface area contributed by atoms with Gasteiger partial charge in [0, 0.05) is 19.5 Å². The van der Waals surface area contributed by atoms with Crippen molar-refractivity contribution >= 4 is 28.3 Å². The van der Waals surface area contributed by atoms with Crippen molar-refractivity contribution in [3.8, 4) is 0 Å². The number of nitrogens with one attached hydrogen (secondary N) is 1. The lowest BCUT2D eigenvalue weighted by Gasteiger charge is -2.41. The normalized spacial score (nSPS) is 24.9. The number of nitrogens with zero attached hydrogens (tertiary/aromatic N) is 3. The molecule has 0 saturated carbocycles. The van der Waals surface area contributed by atoms with Gasteiger partial charge in [0.15, 0.2) is 0 Å². The van der Waals surface area contributed by atoms with Gasteiger partial charge in [-0.1, -0.05) is 11.3 Å². The average molecular weight is 296 g/mol. The van der Waals surface area contributed by atoms with Gasteiger partial charge in [0.1, 0.15) is 5.01 Å². The smallest absolute Gasteiger partial charge is 0.309 e. The van der Waals surface area contributed by atoms with Crippen LogP contribution < -0.4 is 10.2 Å². The molecule has 7 nitrogen and oxygen atoms in total. The molecule has 1 amide bonds. The average Bonchev–Trinajstić information content (AvgIpc) is 2.95. The Bertz CT molecular complexity index is 551. The lowest BCUT2D eigenvalue weighted by atomic mass is 9.78. The van der Waals surface area contributed by atoms with Gasteiger partial charge in [0.2, 0.25) is 11.0 Å². The number of carboxylic acids is 1. The van der Waals surface area contributed by atoms with E-state index in [0.717, 1.165) is 10.1 Å². The third-order valence-corrected chi connectivity index (χ3v) is 5.08. The van der Waals surface area contributed by atoms with Gasteiger partial charge in [-0.25, -0.2) is 0 Å². The Labute approximate surface area is 120 Å². The van der Waals surface area contributed by atoms with E-state index in [1.807, 2.05) is 6.92 Å². The van der Waals surface area contributed by atoms with Crippen molar-refractivity contribution in [3.63, 3.8) is 0 Å². The van der Waals surface area contributed by atoms with Crippen LogP contribution in [0, 0.1) is 12.8 Å². The van der Waals surface area contributed by atoms with Gasteiger partial charge < -0.3 is 15.3 Å². The molecule has 0 aliphatic carbocycles. The number of aryl methyl sites for hydroxylation is 1. The summed E-state index contributed by atoms with van der Waals surface area (Å²) in [6.45, 7) is 3.29. The van der Waals surface area contributed by atoms with Crippen LogP contribution in [0.2, 0.25) is 0 Å². The lowest BCUT2D eigenvalue weighted by molar-refractivity contribution is -0.144. The van der Waals surface area contributed by atoms with Crippen molar-refractivity contribution in [2.75, 3.05) is 18.0 Å². The maximum atomic E-state index is 11.6. The summed E-state index contributed by atoms with van der Waals surface area (Å²) in [5.74, 6) is -1.66. The molecule has 1 aromatic heterocycles. The molecule has 1 atom stereocenters. The Morgan fingerprint density at radius 3 is 2.70 bits per heavy atom. The zero-order valence-corrected chi connectivity index (χ0v) is 11.9. The van der Waals surface area contributed by atoms with Gasteiger partial charge in [-0.3, -0.25) is 9.59 Å². The predicted molar refractivity (Wildman–Crippen MR) is 72.7 cm³/mol. The molecule has 2 N–H and O–H groups in total. The van der Waals surface area contributed by atoms with Crippen LogP contribution in [0.1, 0.15) is 24.3 Å². The molecule has 0 unspecified atom stereocenters. The number of piperidine rings is 1. The fourth-order valence-corrected chi connectivity index (χ4v) is 3.84. The van der Waals surface area contributed by atoms with Crippen LogP contribution >= 0.6 is 11.3 Å². The number of carbonyl (C=O) groups is 2. The van der Waals surface area contributed by atoms with Crippen LogP contribution in [0.5, 0.6) is 0 Å². The van der Waals surface area contributed by atoms with Crippen molar-refractivity contribution in [1.29, 1.82) is 0 Å². The zero-order valence-electron chi connectivity index (χ0n) is 11.1. The highest BCUT2D eigenvalue weighted by atomic mass is 32.1. The van der Waals surface area contributed by atoms with Crippen LogP contribution in [0.4, 0.5) is 5.13 Å². The first-order valence-electron chi connectivity index (χ1n) is 6.59. The minimum absolute atomic E-state index is 0.0905. The van der Waals surface area contributed by atoms with Gasteiger partial charge in [-0.2, -0.15) is 0 Å². The highest BCUT2D eigenvalue weighted by Crippen LogP contribution is 2.38. The first-order chi connectivity index (χ1) is 9.50. The third-order valence-electron chi connectivity index (χ3n) is 4.18. The van der Waals surface area contributed by atoms with E-state index < -0.39 is 17.4 Å². The molecular weight excluding hydrogens is 280 g/mol. The monoisotopic (exact) mass is 296 g/mol. The molecule has 20 heavy (non-hydrogen) atoms. The van der Waals surface area contributed by atoms with Gasteiger partial charge >= 0.3 is 5.97 Å². The molecule has 2 aliphatic rings. The molecule has 2 fully saturated rings. The Morgan fingerprint density at radius 1 is 1.45 bits per heavy atom. The number of hydrogen-bond donors (Lipinski definition) is 2. The molecule has 0 radical (unpaired) electrons. The Morgan fingerprint density at radius 2 is 2.15 bits per heavy atom. The number of rotatable bonds is 2. The van der Waals surface area contributed by atoms with E-state index >= 15 is 0 Å². The van der Waals surface area contributed by atoms with Crippen LogP contribution in [-0.2, 0) is 9.59 Å². The van der Waals surface area contributed by atoms with E-state index in [0.29, 0.717) is 25.9 Å². The van der Waals surface area contributed by atoms with E-state index in [9.17, 15) is 14.7 Å². The van der Waals surface area contributed by atoms with Crippen molar-refractivity contribution in [1.82, 2.24) is 15.5 Å². The van der Waals surface area contributed by atoms with Crippen LogP contribution in [0.3, 0.4) is 0 Å². The molecule has 108 valence electrons. The van der Waals surface area contributed by atoms with E-state index in [2.05, 4.69) is 20.4 Å². The Kier molecular flexibility index (Phi) is 3.12. The number of hydrogen-bond acceptors (Lipinski definition) is 6. The molecule has 3 rings (SSSR count). The number of aromatic nitrogens is 2. The highest BCUT2D eigenvalue weighted by molar-refractivity contribution is 7.15. The van der Waals surface area contributed by atoms with Gasteiger partial charge in [0.25, 0.3) is 0 Å². The molecule has 2 aliphatic heterocycles. The minimum atomic E-state index is -0.886. The molecule has 1 spiro atoms. The summed E-state index contributed by atoms with van der Waals surface area (Å²) in [5, 5.41) is 22.1. The van der Waals surface area contributed by atoms with Crippen LogP contribution in [0.25, 0.3) is 0 Å². The number of carboxylic acid groups (broad SMARTS) is 1. The second-order valence-corrected chi connectivity index (χ2v) is 6.55. The quantitative estimate of drug-likeness (QED) is 0.820. The first kappa shape index (κ1) is 13.3. The Hall–Kier alpha value is -1.70. The van der Waals surface area contributed by atoms with E-state index in [4.69, 9.17) is 0 Å². The molecule has 0 bridgehead atoms. The van der Waals surface area contributed by atoms with Crippen molar-refractivity contribution < 1.29 is 14.7 Å².